The maximum atomic E-state index is 12.6. The van der Waals surface area contributed by atoms with Crippen LogP contribution in [0.25, 0.3) is 10.9 Å². The highest BCUT2D eigenvalue weighted by molar-refractivity contribution is 9.10. The van der Waals surface area contributed by atoms with Crippen LogP contribution in [0.1, 0.15) is 35.0 Å². The Hall–Kier alpha value is -2.53. The Balaban J connectivity index is 1.87. The summed E-state index contributed by atoms with van der Waals surface area (Å²) in [6.45, 7) is 2.10. The van der Waals surface area contributed by atoms with Crippen LogP contribution in [0.2, 0.25) is 0 Å². The number of fused-ring (bicyclic) bond motifs is 1. The highest BCUT2D eigenvalue weighted by Gasteiger charge is 2.12. The van der Waals surface area contributed by atoms with Crippen LogP contribution in [0.4, 0.5) is 0 Å². The first-order valence-electron chi connectivity index (χ1n) is 8.15. The summed E-state index contributed by atoms with van der Waals surface area (Å²) >= 11 is 3.46. The summed E-state index contributed by atoms with van der Waals surface area (Å²) in [5.74, 6) is -0.237. The van der Waals surface area contributed by atoms with E-state index in [1.54, 1.807) is 6.21 Å². The number of halogens is 1. The van der Waals surface area contributed by atoms with Crippen LogP contribution in [0, 0.1) is 0 Å². The van der Waals surface area contributed by atoms with Gasteiger partial charge < -0.3 is 0 Å². The van der Waals surface area contributed by atoms with Crippen LogP contribution in [-0.4, -0.2) is 17.1 Å². The van der Waals surface area contributed by atoms with E-state index in [1.165, 1.54) is 0 Å². The summed E-state index contributed by atoms with van der Waals surface area (Å²) in [4.78, 5) is 17.2. The lowest BCUT2D eigenvalue weighted by Gasteiger charge is -2.08. The maximum Gasteiger partial charge on any atom is 0.272 e. The second kappa shape index (κ2) is 8.03. The molecule has 0 saturated carbocycles. The normalized spacial score (nSPS) is 11.1. The van der Waals surface area contributed by atoms with E-state index in [-0.39, 0.29) is 5.91 Å². The number of hydrogen-bond acceptors (Lipinski definition) is 3. The Morgan fingerprint density at radius 1 is 1.20 bits per heavy atom. The van der Waals surface area contributed by atoms with Gasteiger partial charge in [0.2, 0.25) is 0 Å². The molecule has 0 atom stereocenters. The Kier molecular flexibility index (Phi) is 5.56. The Morgan fingerprint density at radius 3 is 2.76 bits per heavy atom. The zero-order chi connectivity index (χ0) is 17.6. The number of hydrazone groups is 1. The van der Waals surface area contributed by atoms with Crippen LogP contribution < -0.4 is 5.43 Å². The molecule has 0 bridgehead atoms. The molecule has 0 saturated heterocycles. The average Bonchev–Trinajstić information content (AvgIpc) is 2.63. The van der Waals surface area contributed by atoms with Gasteiger partial charge in [0.05, 0.1) is 17.3 Å². The van der Waals surface area contributed by atoms with E-state index in [2.05, 4.69) is 38.4 Å². The van der Waals surface area contributed by atoms with Gasteiger partial charge in [0.25, 0.3) is 5.91 Å². The topological polar surface area (TPSA) is 54.4 Å². The van der Waals surface area contributed by atoms with Crippen molar-refractivity contribution in [2.45, 2.75) is 19.8 Å². The van der Waals surface area contributed by atoms with Crippen molar-refractivity contribution >= 4 is 39.0 Å². The van der Waals surface area contributed by atoms with Gasteiger partial charge >= 0.3 is 0 Å². The molecule has 0 fully saturated rings. The molecule has 1 amide bonds. The van der Waals surface area contributed by atoms with Crippen LogP contribution in [0.3, 0.4) is 0 Å². The molecule has 126 valence electrons. The van der Waals surface area contributed by atoms with Crippen molar-refractivity contribution < 1.29 is 4.79 Å². The number of nitrogens with one attached hydrogen (secondary N) is 1. The van der Waals surface area contributed by atoms with Crippen molar-refractivity contribution in [3.8, 4) is 0 Å². The molecule has 0 spiro atoms. The van der Waals surface area contributed by atoms with Crippen LogP contribution in [0.15, 0.2) is 64.2 Å². The van der Waals surface area contributed by atoms with Gasteiger partial charge in [-0.2, -0.15) is 5.10 Å². The lowest BCUT2D eigenvalue weighted by molar-refractivity contribution is 0.0956. The molecular formula is C20H18BrN3O. The number of carbonyl (C=O) groups is 1. The standard InChI is InChI=1S/C20H18BrN3O/c1-2-7-15-12-17(16-9-4-6-11-19(16)23-15)20(25)24-22-13-14-8-3-5-10-18(14)21/h3-6,8-13H,2,7H2,1H3,(H,24,25). The van der Waals surface area contributed by atoms with Gasteiger partial charge in [0, 0.05) is 21.1 Å². The summed E-state index contributed by atoms with van der Waals surface area (Å²) in [5.41, 5.74) is 5.86. The predicted molar refractivity (Wildman–Crippen MR) is 105 cm³/mol. The number of aromatic nitrogens is 1. The van der Waals surface area contributed by atoms with E-state index in [0.29, 0.717) is 5.56 Å². The number of nitrogens with zero attached hydrogens (tertiary/aromatic N) is 2. The van der Waals surface area contributed by atoms with Gasteiger partial charge in [-0.1, -0.05) is 65.7 Å². The van der Waals surface area contributed by atoms with Gasteiger partial charge in [-0.15, -0.1) is 0 Å². The molecule has 2 aromatic carbocycles. The third-order valence-corrected chi connectivity index (χ3v) is 4.52. The fourth-order valence-corrected chi connectivity index (χ4v) is 2.99. The van der Waals surface area contributed by atoms with Crippen molar-refractivity contribution in [2.75, 3.05) is 0 Å². The maximum absolute atomic E-state index is 12.6. The summed E-state index contributed by atoms with van der Waals surface area (Å²) in [5, 5.41) is 4.92. The monoisotopic (exact) mass is 395 g/mol. The zero-order valence-electron chi connectivity index (χ0n) is 13.9. The molecule has 0 unspecified atom stereocenters. The number of aryl methyl sites for hydroxylation is 1. The molecule has 25 heavy (non-hydrogen) atoms. The molecule has 0 aliphatic heterocycles. The zero-order valence-corrected chi connectivity index (χ0v) is 15.5. The second-order valence-electron chi connectivity index (χ2n) is 5.65. The molecule has 3 rings (SSSR count). The number of hydrogen-bond donors (Lipinski definition) is 1. The average molecular weight is 396 g/mol. The Labute approximate surface area is 155 Å². The van der Waals surface area contributed by atoms with Crippen molar-refractivity contribution in [2.24, 2.45) is 5.10 Å². The lowest BCUT2D eigenvalue weighted by atomic mass is 10.1. The van der Waals surface area contributed by atoms with Crippen molar-refractivity contribution in [1.29, 1.82) is 0 Å². The van der Waals surface area contributed by atoms with E-state index in [9.17, 15) is 4.79 Å². The molecule has 3 aromatic rings. The number of rotatable bonds is 5. The molecule has 0 aliphatic rings. The highest BCUT2D eigenvalue weighted by atomic mass is 79.9. The summed E-state index contributed by atoms with van der Waals surface area (Å²) < 4.78 is 0.924. The summed E-state index contributed by atoms with van der Waals surface area (Å²) in [6.07, 6.45) is 3.44. The van der Waals surface area contributed by atoms with Crippen LogP contribution >= 0.6 is 15.9 Å². The van der Waals surface area contributed by atoms with Gasteiger partial charge in [0.15, 0.2) is 0 Å². The number of benzene rings is 2. The smallest absolute Gasteiger partial charge is 0.267 e. The number of carbonyl (C=O) groups excluding carboxylic acids is 1. The van der Waals surface area contributed by atoms with Crippen LogP contribution in [0.5, 0.6) is 0 Å². The number of amides is 1. The molecule has 1 aromatic heterocycles. The molecule has 5 heteroatoms. The van der Waals surface area contributed by atoms with Crippen molar-refractivity contribution in [3.05, 3.63) is 75.9 Å². The SMILES string of the molecule is CCCc1cc(C(=O)NN=Cc2ccccc2Br)c2ccccc2n1. The minimum Gasteiger partial charge on any atom is -0.267 e. The first-order valence-corrected chi connectivity index (χ1v) is 8.95. The molecule has 1 heterocycles. The Morgan fingerprint density at radius 2 is 1.96 bits per heavy atom. The van der Waals surface area contributed by atoms with Gasteiger partial charge in [0.1, 0.15) is 0 Å². The van der Waals surface area contributed by atoms with E-state index in [4.69, 9.17) is 0 Å². The number of pyridine rings is 1. The van der Waals surface area contributed by atoms with Crippen molar-refractivity contribution in [1.82, 2.24) is 10.4 Å². The first-order chi connectivity index (χ1) is 12.2. The predicted octanol–water partition coefficient (Wildman–Crippen LogP) is 4.71. The summed E-state index contributed by atoms with van der Waals surface area (Å²) in [7, 11) is 0. The van der Waals surface area contributed by atoms with Crippen molar-refractivity contribution in [3.63, 3.8) is 0 Å². The third-order valence-electron chi connectivity index (χ3n) is 3.79. The number of para-hydroxylation sites is 1. The molecular weight excluding hydrogens is 378 g/mol. The molecule has 4 nitrogen and oxygen atoms in total. The minimum absolute atomic E-state index is 0.237. The van der Waals surface area contributed by atoms with Crippen LogP contribution in [-0.2, 0) is 6.42 Å². The lowest BCUT2D eigenvalue weighted by Crippen LogP contribution is -2.18. The van der Waals surface area contributed by atoms with E-state index in [0.717, 1.165) is 39.5 Å². The quantitative estimate of drug-likeness (QED) is 0.502. The fourth-order valence-electron chi connectivity index (χ4n) is 2.60. The van der Waals surface area contributed by atoms with E-state index in [1.807, 2.05) is 54.6 Å². The second-order valence-corrected chi connectivity index (χ2v) is 6.50. The van der Waals surface area contributed by atoms with Gasteiger partial charge in [-0.3, -0.25) is 9.78 Å². The van der Waals surface area contributed by atoms with E-state index < -0.39 is 0 Å². The summed E-state index contributed by atoms with van der Waals surface area (Å²) in [6, 6.07) is 17.2. The first kappa shape index (κ1) is 17.3. The Bertz CT molecular complexity index is 937. The minimum atomic E-state index is -0.237. The fraction of sp³-hybridized carbons (Fsp3) is 0.150. The van der Waals surface area contributed by atoms with Gasteiger partial charge in [-0.05, 0) is 24.6 Å². The highest BCUT2D eigenvalue weighted by Crippen LogP contribution is 2.19. The molecule has 1 N–H and O–H groups in total. The molecule has 0 radical (unpaired) electrons. The third kappa shape index (κ3) is 4.12. The van der Waals surface area contributed by atoms with E-state index >= 15 is 0 Å². The van der Waals surface area contributed by atoms with Gasteiger partial charge in [-0.25, -0.2) is 5.43 Å². The largest absolute Gasteiger partial charge is 0.272 e. The molecule has 0 aliphatic carbocycles.